The lowest BCUT2D eigenvalue weighted by Crippen LogP contribution is -2.55. The highest BCUT2D eigenvalue weighted by molar-refractivity contribution is 5.87. The van der Waals surface area contributed by atoms with Gasteiger partial charge in [0.05, 0.1) is 0 Å². The minimum atomic E-state index is -0.133. The molecule has 16 heavy (non-hydrogen) atoms. The molecule has 0 radical (unpaired) electrons. The highest BCUT2D eigenvalue weighted by Crippen LogP contribution is 2.52. The minimum Gasteiger partial charge on any atom is -0.342 e. The third-order valence-corrected chi connectivity index (χ3v) is 4.47. The highest BCUT2D eigenvalue weighted by Gasteiger charge is 2.54. The Bertz CT molecular complexity index is 316. The van der Waals surface area contributed by atoms with Crippen molar-refractivity contribution in [3.05, 3.63) is 0 Å². The van der Waals surface area contributed by atoms with E-state index in [0.29, 0.717) is 0 Å². The van der Waals surface area contributed by atoms with Crippen LogP contribution >= 0.6 is 0 Å². The van der Waals surface area contributed by atoms with Crippen molar-refractivity contribution in [2.45, 2.75) is 40.0 Å². The van der Waals surface area contributed by atoms with Crippen LogP contribution in [-0.2, 0) is 9.59 Å². The number of likely N-dealkylation sites (tertiary alicyclic amines) is 1. The number of Topliss-reactive ketones (excluding diaryl/α,β-unsaturated/α-hetero) is 1. The van der Waals surface area contributed by atoms with Crippen LogP contribution < -0.4 is 0 Å². The molecule has 2 atom stereocenters. The fraction of sp³-hybridized carbons (Fsp3) is 0.846. The van der Waals surface area contributed by atoms with Gasteiger partial charge >= 0.3 is 0 Å². The van der Waals surface area contributed by atoms with E-state index in [1.807, 2.05) is 4.90 Å². The van der Waals surface area contributed by atoms with Crippen molar-refractivity contribution in [1.82, 2.24) is 4.90 Å². The molecule has 1 heterocycles. The van der Waals surface area contributed by atoms with E-state index in [1.54, 1.807) is 6.92 Å². The van der Waals surface area contributed by atoms with Crippen LogP contribution in [0.4, 0.5) is 0 Å². The van der Waals surface area contributed by atoms with Gasteiger partial charge in [0.1, 0.15) is 5.78 Å². The maximum atomic E-state index is 12.2. The second-order valence-electron chi connectivity index (χ2n) is 5.81. The van der Waals surface area contributed by atoms with E-state index in [2.05, 4.69) is 13.8 Å². The van der Waals surface area contributed by atoms with E-state index < -0.39 is 0 Å². The Hall–Kier alpha value is -0.860. The van der Waals surface area contributed by atoms with E-state index >= 15 is 0 Å². The van der Waals surface area contributed by atoms with E-state index in [4.69, 9.17) is 0 Å². The average molecular weight is 223 g/mol. The zero-order chi connectivity index (χ0) is 11.9. The van der Waals surface area contributed by atoms with Crippen molar-refractivity contribution in [3.63, 3.8) is 0 Å². The van der Waals surface area contributed by atoms with Gasteiger partial charge in [-0.3, -0.25) is 9.59 Å². The number of hydrogen-bond donors (Lipinski definition) is 0. The Morgan fingerprint density at radius 2 is 1.69 bits per heavy atom. The molecule has 3 nitrogen and oxygen atoms in total. The molecule has 1 saturated carbocycles. The first kappa shape index (κ1) is 11.6. The molecule has 3 heteroatoms. The lowest BCUT2D eigenvalue weighted by atomic mass is 9.53. The summed E-state index contributed by atoms with van der Waals surface area (Å²) in [6.45, 7) is 7.58. The summed E-state index contributed by atoms with van der Waals surface area (Å²) in [6.07, 6.45) is 3.03. The Morgan fingerprint density at radius 1 is 1.12 bits per heavy atom. The molecule has 2 rings (SSSR count). The van der Waals surface area contributed by atoms with E-state index in [1.165, 1.54) is 0 Å². The van der Waals surface area contributed by atoms with Gasteiger partial charge in [-0.05, 0) is 31.6 Å². The predicted molar refractivity (Wildman–Crippen MR) is 61.9 cm³/mol. The molecular weight excluding hydrogens is 202 g/mol. The molecule has 2 aliphatic rings. The number of nitrogens with zero attached hydrogens (tertiary/aromatic N) is 1. The number of carbonyl (C=O) groups is 2. The molecular formula is C13H21NO2. The number of hydrogen-bond acceptors (Lipinski definition) is 2. The SMILES string of the molecule is CC(=O)C1CC(C(=O)N2CCCC2)C1(C)C. The van der Waals surface area contributed by atoms with Crippen LogP contribution in [0.15, 0.2) is 0 Å². The van der Waals surface area contributed by atoms with Crippen LogP contribution in [0.25, 0.3) is 0 Å². The second-order valence-corrected chi connectivity index (χ2v) is 5.81. The lowest BCUT2D eigenvalue weighted by molar-refractivity contribution is -0.155. The van der Waals surface area contributed by atoms with Crippen LogP contribution in [0.5, 0.6) is 0 Å². The first-order valence-electron chi connectivity index (χ1n) is 6.24. The third-order valence-electron chi connectivity index (χ3n) is 4.47. The van der Waals surface area contributed by atoms with Gasteiger partial charge in [0.25, 0.3) is 0 Å². The molecule has 0 aromatic heterocycles. The number of carbonyl (C=O) groups excluding carboxylic acids is 2. The van der Waals surface area contributed by atoms with E-state index in [0.717, 1.165) is 32.4 Å². The molecule has 0 N–H and O–H groups in total. The minimum absolute atomic E-state index is 0.0690. The fourth-order valence-electron chi connectivity index (χ4n) is 3.19. The summed E-state index contributed by atoms with van der Waals surface area (Å²) in [4.78, 5) is 25.6. The topological polar surface area (TPSA) is 37.4 Å². The first-order chi connectivity index (χ1) is 7.44. The third kappa shape index (κ3) is 1.66. The molecule has 1 amide bonds. The largest absolute Gasteiger partial charge is 0.342 e. The molecule has 1 saturated heterocycles. The zero-order valence-electron chi connectivity index (χ0n) is 10.5. The Balaban J connectivity index is 2.02. The van der Waals surface area contributed by atoms with Crippen LogP contribution in [0, 0.1) is 17.3 Å². The molecule has 2 unspecified atom stereocenters. The first-order valence-corrected chi connectivity index (χ1v) is 6.24. The molecule has 0 spiro atoms. The van der Waals surface area contributed by atoms with Gasteiger partial charge in [-0.15, -0.1) is 0 Å². The molecule has 2 fully saturated rings. The van der Waals surface area contributed by atoms with Crippen molar-refractivity contribution in [2.24, 2.45) is 17.3 Å². The molecule has 0 bridgehead atoms. The fourth-order valence-corrected chi connectivity index (χ4v) is 3.19. The van der Waals surface area contributed by atoms with E-state index in [9.17, 15) is 9.59 Å². The molecule has 90 valence electrons. The molecule has 0 aromatic rings. The Morgan fingerprint density at radius 3 is 2.12 bits per heavy atom. The summed E-state index contributed by atoms with van der Waals surface area (Å²) < 4.78 is 0. The molecule has 1 aliphatic heterocycles. The Labute approximate surface area is 97.2 Å². The summed E-state index contributed by atoms with van der Waals surface area (Å²) >= 11 is 0. The molecule has 0 aromatic carbocycles. The lowest BCUT2D eigenvalue weighted by Gasteiger charge is -2.50. The van der Waals surface area contributed by atoms with Crippen LogP contribution in [-0.4, -0.2) is 29.7 Å². The summed E-state index contributed by atoms with van der Waals surface area (Å²) in [5, 5.41) is 0. The quantitative estimate of drug-likeness (QED) is 0.716. The second kappa shape index (κ2) is 3.86. The van der Waals surface area contributed by atoms with Gasteiger partial charge in [0, 0.05) is 24.9 Å². The van der Waals surface area contributed by atoms with Crippen molar-refractivity contribution in [1.29, 1.82) is 0 Å². The van der Waals surface area contributed by atoms with Crippen LogP contribution in [0.3, 0.4) is 0 Å². The summed E-state index contributed by atoms with van der Waals surface area (Å²) in [5.74, 6) is 0.666. The van der Waals surface area contributed by atoms with E-state index in [-0.39, 0.29) is 28.9 Å². The number of ketones is 1. The number of rotatable bonds is 2. The monoisotopic (exact) mass is 223 g/mol. The average Bonchev–Trinajstić information content (AvgIpc) is 2.67. The number of amides is 1. The zero-order valence-corrected chi connectivity index (χ0v) is 10.5. The van der Waals surface area contributed by atoms with Crippen molar-refractivity contribution in [3.8, 4) is 0 Å². The smallest absolute Gasteiger partial charge is 0.226 e. The van der Waals surface area contributed by atoms with Gasteiger partial charge in [-0.2, -0.15) is 0 Å². The maximum absolute atomic E-state index is 12.2. The van der Waals surface area contributed by atoms with Gasteiger partial charge in [-0.25, -0.2) is 0 Å². The van der Waals surface area contributed by atoms with Crippen LogP contribution in [0.2, 0.25) is 0 Å². The summed E-state index contributed by atoms with van der Waals surface area (Å²) in [5.41, 5.74) is -0.133. The standard InChI is InChI=1S/C13H21NO2/c1-9(15)10-8-11(13(10,2)3)12(16)14-6-4-5-7-14/h10-11H,4-8H2,1-3H3. The van der Waals surface area contributed by atoms with Gasteiger partial charge in [0.2, 0.25) is 5.91 Å². The van der Waals surface area contributed by atoms with Crippen molar-refractivity contribution in [2.75, 3.05) is 13.1 Å². The normalized spacial score (nSPS) is 32.3. The highest BCUT2D eigenvalue weighted by atomic mass is 16.2. The van der Waals surface area contributed by atoms with Crippen molar-refractivity contribution < 1.29 is 9.59 Å². The van der Waals surface area contributed by atoms with Gasteiger partial charge in [0.15, 0.2) is 0 Å². The maximum Gasteiger partial charge on any atom is 0.226 e. The van der Waals surface area contributed by atoms with Gasteiger partial charge in [-0.1, -0.05) is 13.8 Å². The van der Waals surface area contributed by atoms with Gasteiger partial charge < -0.3 is 4.90 Å². The predicted octanol–water partition coefficient (Wildman–Crippen LogP) is 1.86. The summed E-state index contributed by atoms with van der Waals surface area (Å²) in [6, 6.07) is 0. The molecule has 1 aliphatic carbocycles. The van der Waals surface area contributed by atoms with Crippen LogP contribution in [0.1, 0.15) is 40.0 Å². The Kier molecular flexibility index (Phi) is 2.81. The van der Waals surface area contributed by atoms with Crippen molar-refractivity contribution >= 4 is 11.7 Å². The summed E-state index contributed by atoms with van der Waals surface area (Å²) in [7, 11) is 0.